The van der Waals surface area contributed by atoms with Crippen LogP contribution in [0.25, 0.3) is 88.4 Å². The molecule has 2 aromatic heterocycles. The van der Waals surface area contributed by atoms with Crippen LogP contribution < -0.4 is 15.6 Å². The molecule has 0 amide bonds. The van der Waals surface area contributed by atoms with Gasteiger partial charge < -0.3 is 9.13 Å². The number of fused-ring (bicyclic) bond motifs is 6. The van der Waals surface area contributed by atoms with E-state index in [1.54, 1.807) is 0 Å². The number of para-hydroxylation sites is 3. The van der Waals surface area contributed by atoms with Gasteiger partial charge in [0.15, 0.2) is 8.07 Å². The maximum Gasteiger partial charge on any atom is 0.152 e. The molecule has 0 radical (unpaired) electrons. The molecule has 0 unspecified atom stereocenters. The van der Waals surface area contributed by atoms with E-state index in [0.717, 1.165) is 11.7 Å². The quantitative estimate of drug-likeness (QED) is 0.0956. The molecule has 0 saturated carbocycles. The number of nitrogens with zero attached hydrogens (tertiary/aromatic N) is 2. The summed E-state index contributed by atoms with van der Waals surface area (Å²) in [5.41, 5.74) is 15.7. The smallest absolute Gasteiger partial charge is 0.152 e. The summed E-state index contributed by atoms with van der Waals surface area (Å²) in [6.45, 7) is 0. The summed E-state index contributed by atoms with van der Waals surface area (Å²) in [6, 6.07) is 104. The molecule has 0 saturated heterocycles. The summed E-state index contributed by atoms with van der Waals surface area (Å²) in [4.78, 5) is 0. The lowest BCUT2D eigenvalue weighted by atomic mass is 9.95. The summed E-state index contributed by atoms with van der Waals surface area (Å²) in [6.07, 6.45) is 0. The van der Waals surface area contributed by atoms with Crippen LogP contribution in [0, 0.1) is 0 Å². The van der Waals surface area contributed by atoms with Crippen molar-refractivity contribution in [2.75, 3.05) is 0 Å². The second kappa shape index (κ2) is 17.4. The maximum absolute atomic E-state index is 2.77. The van der Waals surface area contributed by atoms with Gasteiger partial charge in [0.25, 0.3) is 0 Å². The number of hydrogen-bond donors (Lipinski definition) is 0. The van der Waals surface area contributed by atoms with Crippen LogP contribution in [-0.2, 0) is 6.04 Å². The third-order valence-corrected chi connectivity index (χ3v) is 19.4. The average molecular weight is 909 g/mol. The van der Waals surface area contributed by atoms with Crippen LogP contribution >= 0.6 is 0 Å². The van der Waals surface area contributed by atoms with Gasteiger partial charge in [0.05, 0.1) is 27.8 Å². The van der Waals surface area contributed by atoms with Gasteiger partial charge in [0, 0.05) is 38.4 Å². The Kier molecular flexibility index (Phi) is 10.3. The first-order chi connectivity index (χ1) is 34.7. The lowest BCUT2D eigenvalue weighted by molar-refractivity contribution is 1.17. The fourth-order valence-electron chi connectivity index (χ4n) is 11.5. The molecule has 11 aromatic carbocycles. The number of aromatic nitrogens is 2. The Morgan fingerprint density at radius 3 is 1.37 bits per heavy atom. The zero-order chi connectivity index (χ0) is 46.4. The monoisotopic (exact) mass is 908 g/mol. The van der Waals surface area contributed by atoms with E-state index in [4.69, 9.17) is 0 Å². The van der Waals surface area contributed by atoms with Crippen molar-refractivity contribution in [2.24, 2.45) is 0 Å². The highest BCUT2D eigenvalue weighted by atomic mass is 28.3. The number of benzene rings is 11. The minimum absolute atomic E-state index is 0.891. The van der Waals surface area contributed by atoms with E-state index in [9.17, 15) is 0 Å². The van der Waals surface area contributed by atoms with E-state index in [1.165, 1.54) is 104 Å². The molecule has 0 atom stereocenters. The van der Waals surface area contributed by atoms with Crippen molar-refractivity contribution in [3.05, 3.63) is 285 Å². The van der Waals surface area contributed by atoms with Crippen molar-refractivity contribution in [1.29, 1.82) is 0 Å². The van der Waals surface area contributed by atoms with Crippen molar-refractivity contribution in [3.8, 4) is 44.8 Å². The van der Waals surface area contributed by atoms with Crippen LogP contribution in [0.15, 0.2) is 279 Å². The first-order valence-electron chi connectivity index (χ1n) is 24.3. The van der Waals surface area contributed by atoms with Gasteiger partial charge in [-0.25, -0.2) is 0 Å². The highest BCUT2D eigenvalue weighted by Crippen LogP contribution is 2.43. The molecule has 13 aromatic rings. The topological polar surface area (TPSA) is 9.86 Å². The Morgan fingerprint density at radius 2 is 0.743 bits per heavy atom. The van der Waals surface area contributed by atoms with Crippen LogP contribution in [0.3, 0.4) is 0 Å². The molecule has 0 N–H and O–H groups in total. The number of hydrogen-bond acceptors (Lipinski definition) is 0. The maximum atomic E-state index is 2.51. The van der Waals surface area contributed by atoms with Crippen LogP contribution in [0.2, 0.25) is 0 Å². The summed E-state index contributed by atoms with van der Waals surface area (Å²) >= 11 is 0. The van der Waals surface area contributed by atoms with E-state index >= 15 is 0 Å². The van der Waals surface area contributed by atoms with Crippen molar-refractivity contribution in [1.82, 2.24) is 9.13 Å². The molecular weight excluding hydrogens is 861 g/mol. The van der Waals surface area contributed by atoms with Crippen LogP contribution in [0.4, 0.5) is 0 Å². The van der Waals surface area contributed by atoms with Gasteiger partial charge in [-0.15, -0.1) is 0 Å². The van der Waals surface area contributed by atoms with Crippen LogP contribution in [0.5, 0.6) is 0 Å². The molecule has 70 heavy (non-hydrogen) atoms. The first-order valence-corrected chi connectivity index (χ1v) is 26.5. The third-order valence-electron chi connectivity index (χ3n) is 14.6. The van der Waals surface area contributed by atoms with Crippen molar-refractivity contribution < 1.29 is 0 Å². The van der Waals surface area contributed by atoms with Crippen LogP contribution in [0.1, 0.15) is 5.56 Å². The standard InChI is InChI=1S/C67H48N2Si/c1-6-23-48(24-7-1)51-29-20-35-56(45-51)70(54-31-12-4-13-32-54,55-33-14-5-15-34-55)47-52-30-21-42-65-66(52)60-37-17-19-41-63(60)68(65)53-43-44-64-61(46-53)59-36-16-18-40-62(59)69(64)67-57(49-25-8-2-9-26-49)38-22-39-58(67)50-27-10-3-11-28-50/h1-46H,47H2. The predicted molar refractivity (Wildman–Crippen MR) is 299 cm³/mol. The first kappa shape index (κ1) is 41.4. The van der Waals surface area contributed by atoms with Crippen LogP contribution in [-0.4, -0.2) is 17.2 Å². The molecule has 0 spiro atoms. The fourth-order valence-corrected chi connectivity index (χ4v) is 16.3. The Hall–Kier alpha value is -8.76. The molecule has 0 aliphatic carbocycles. The fraction of sp³-hybridized carbons (Fsp3) is 0.0149. The van der Waals surface area contributed by atoms with E-state index in [1.807, 2.05) is 0 Å². The summed E-state index contributed by atoms with van der Waals surface area (Å²) < 4.78 is 5.02. The zero-order valence-corrected chi connectivity index (χ0v) is 39.7. The van der Waals surface area contributed by atoms with E-state index in [-0.39, 0.29) is 0 Å². The normalized spacial score (nSPS) is 11.8. The molecule has 330 valence electrons. The van der Waals surface area contributed by atoms with E-state index < -0.39 is 8.07 Å². The molecule has 0 aliphatic heterocycles. The molecule has 2 heterocycles. The molecule has 13 rings (SSSR count). The Morgan fingerprint density at radius 1 is 0.286 bits per heavy atom. The van der Waals surface area contributed by atoms with E-state index in [2.05, 4.69) is 288 Å². The molecular formula is C67H48N2Si. The highest BCUT2D eigenvalue weighted by molar-refractivity contribution is 7.11. The molecule has 2 nitrogen and oxygen atoms in total. The molecule has 3 heteroatoms. The average Bonchev–Trinajstić information content (AvgIpc) is 3.96. The van der Waals surface area contributed by atoms with E-state index in [0.29, 0.717) is 0 Å². The summed E-state index contributed by atoms with van der Waals surface area (Å²) in [5.74, 6) is 0. The predicted octanol–water partition coefficient (Wildman–Crippen LogP) is 15.1. The number of rotatable bonds is 10. The minimum atomic E-state index is -2.77. The van der Waals surface area contributed by atoms with Crippen molar-refractivity contribution >= 4 is 67.2 Å². The van der Waals surface area contributed by atoms with Gasteiger partial charge in [0.2, 0.25) is 0 Å². The Balaban J connectivity index is 1.04. The lowest BCUT2D eigenvalue weighted by Gasteiger charge is -2.34. The molecule has 0 aliphatic rings. The minimum Gasteiger partial charge on any atom is -0.309 e. The van der Waals surface area contributed by atoms with Gasteiger partial charge in [-0.2, -0.15) is 0 Å². The molecule has 0 bridgehead atoms. The Bertz CT molecular complexity index is 3910. The zero-order valence-electron chi connectivity index (χ0n) is 38.7. The van der Waals surface area contributed by atoms with Gasteiger partial charge in [-0.1, -0.05) is 243 Å². The van der Waals surface area contributed by atoms with Gasteiger partial charge >= 0.3 is 0 Å². The second-order valence-corrected chi connectivity index (χ2v) is 22.3. The largest absolute Gasteiger partial charge is 0.309 e. The Labute approximate surface area is 409 Å². The van der Waals surface area contributed by atoms with Gasteiger partial charge in [-0.3, -0.25) is 0 Å². The summed E-state index contributed by atoms with van der Waals surface area (Å²) in [7, 11) is -2.77. The van der Waals surface area contributed by atoms with Crippen molar-refractivity contribution in [3.63, 3.8) is 0 Å². The lowest BCUT2D eigenvalue weighted by Crippen LogP contribution is -2.69. The highest BCUT2D eigenvalue weighted by Gasteiger charge is 2.40. The third kappa shape index (κ3) is 6.85. The second-order valence-electron chi connectivity index (χ2n) is 18.4. The SMILES string of the molecule is c1ccc(-c2cccc([Si](Cc3cccc4c3c3ccccc3n4-c3ccc4c(c3)c3ccccc3n4-c3c(-c4ccccc4)cccc3-c3ccccc3)(c3ccccc3)c3ccccc3)c2)cc1. The molecule has 0 fully saturated rings. The van der Waals surface area contributed by atoms with Gasteiger partial charge in [0.1, 0.15) is 0 Å². The summed E-state index contributed by atoms with van der Waals surface area (Å²) in [5, 5.41) is 9.22. The van der Waals surface area contributed by atoms with Crippen molar-refractivity contribution in [2.45, 2.75) is 6.04 Å². The van der Waals surface area contributed by atoms with Gasteiger partial charge in [-0.05, 0) is 85.8 Å².